The summed E-state index contributed by atoms with van der Waals surface area (Å²) >= 11 is 2.00. The van der Waals surface area contributed by atoms with Crippen LogP contribution in [0.25, 0.3) is 6.08 Å². The van der Waals surface area contributed by atoms with E-state index in [0.29, 0.717) is 0 Å². The fourth-order valence-electron chi connectivity index (χ4n) is 1.28. The average Bonchev–Trinajstić information content (AvgIpc) is 2.31. The van der Waals surface area contributed by atoms with E-state index in [9.17, 15) is 0 Å². The Morgan fingerprint density at radius 2 is 2.00 bits per heavy atom. The van der Waals surface area contributed by atoms with E-state index >= 15 is 0 Å². The van der Waals surface area contributed by atoms with Gasteiger partial charge in [0.2, 0.25) is 0 Å². The van der Waals surface area contributed by atoms with Gasteiger partial charge < -0.3 is 0 Å². The second-order valence-corrected chi connectivity index (χ2v) is 8.68. The zero-order valence-corrected chi connectivity index (χ0v) is 13.5. The zero-order valence-electron chi connectivity index (χ0n) is 10.3. The third-order valence-electron chi connectivity index (χ3n) is 2.31. The molecule has 0 saturated heterocycles. The van der Waals surface area contributed by atoms with Crippen molar-refractivity contribution in [1.82, 2.24) is 0 Å². The standard InChI is InChI=1S/C14H20STe/c1-4-5-10-16-14(15-3)11-13-8-6-12(2)7-9-13/h6-9,11H,4-5,10H2,1-3H3/b14-11-. The summed E-state index contributed by atoms with van der Waals surface area (Å²) in [5.41, 5.74) is 2.70. The first-order valence-corrected chi connectivity index (χ1v) is 9.75. The number of benzene rings is 1. The number of thioether (sulfide) groups is 1. The number of aryl methyl sites for hydroxylation is 1. The molecule has 1 rings (SSSR count). The molecule has 0 heterocycles. The molecule has 16 heavy (non-hydrogen) atoms. The van der Waals surface area contributed by atoms with Crippen LogP contribution in [0.5, 0.6) is 0 Å². The van der Waals surface area contributed by atoms with Gasteiger partial charge in [-0.3, -0.25) is 0 Å². The van der Waals surface area contributed by atoms with E-state index in [0.717, 1.165) is 0 Å². The summed E-state index contributed by atoms with van der Waals surface area (Å²) in [6, 6.07) is 8.82. The molecule has 0 N–H and O–H groups in total. The summed E-state index contributed by atoms with van der Waals surface area (Å²) in [5, 5.41) is 0. The van der Waals surface area contributed by atoms with Gasteiger partial charge in [0.15, 0.2) is 0 Å². The van der Waals surface area contributed by atoms with Gasteiger partial charge in [0, 0.05) is 0 Å². The molecule has 1 aromatic carbocycles. The number of hydrogen-bond donors (Lipinski definition) is 0. The minimum atomic E-state index is 0.0642. The Morgan fingerprint density at radius 1 is 1.31 bits per heavy atom. The fraction of sp³-hybridized carbons (Fsp3) is 0.429. The second-order valence-electron chi connectivity index (χ2n) is 3.78. The minimum absolute atomic E-state index is 0.0642. The normalized spacial score (nSPS) is 11.8. The molecule has 0 spiro atoms. The summed E-state index contributed by atoms with van der Waals surface area (Å²) < 4.78 is 3.07. The Kier molecular flexibility index (Phi) is 7.28. The van der Waals surface area contributed by atoms with Crippen molar-refractivity contribution >= 4 is 38.8 Å². The molecule has 0 fully saturated rings. The van der Waals surface area contributed by atoms with Gasteiger partial charge in [-0.2, -0.15) is 0 Å². The number of hydrogen-bond acceptors (Lipinski definition) is 1. The molecule has 0 unspecified atom stereocenters. The fourth-order valence-corrected chi connectivity index (χ4v) is 5.65. The summed E-state index contributed by atoms with van der Waals surface area (Å²) in [7, 11) is 0. The molecule has 0 radical (unpaired) electrons. The molecule has 0 saturated carbocycles. The molecular weight excluding hydrogens is 328 g/mol. The van der Waals surface area contributed by atoms with E-state index in [4.69, 9.17) is 0 Å². The van der Waals surface area contributed by atoms with Crippen molar-refractivity contribution in [3.8, 4) is 0 Å². The van der Waals surface area contributed by atoms with Crippen LogP contribution in [0, 0.1) is 6.92 Å². The SMILES string of the molecule is CCCC[Te]/C(=C\c1ccc(C)cc1)SC. The third kappa shape index (κ3) is 5.43. The Hall–Kier alpha value is 0.0996. The Morgan fingerprint density at radius 3 is 2.56 bits per heavy atom. The van der Waals surface area contributed by atoms with E-state index in [1.165, 1.54) is 28.4 Å². The van der Waals surface area contributed by atoms with Gasteiger partial charge in [-0.05, 0) is 0 Å². The van der Waals surface area contributed by atoms with Gasteiger partial charge in [-0.25, -0.2) is 0 Å². The summed E-state index contributed by atoms with van der Waals surface area (Å²) in [6.07, 6.45) is 7.31. The Balaban J connectivity index is 2.60. The third-order valence-corrected chi connectivity index (χ3v) is 7.60. The predicted octanol–water partition coefficient (Wildman–Crippen LogP) is 4.58. The number of rotatable bonds is 6. The van der Waals surface area contributed by atoms with Crippen molar-refractivity contribution in [2.24, 2.45) is 0 Å². The van der Waals surface area contributed by atoms with Crippen molar-refractivity contribution in [2.45, 2.75) is 31.2 Å². The first kappa shape index (κ1) is 14.2. The Labute approximate surface area is 114 Å². The number of unbranched alkanes of at least 4 members (excludes halogenated alkanes) is 1. The monoisotopic (exact) mass is 350 g/mol. The van der Waals surface area contributed by atoms with Crippen LogP contribution in [0.1, 0.15) is 30.9 Å². The van der Waals surface area contributed by atoms with Crippen LogP contribution >= 0.6 is 11.8 Å². The van der Waals surface area contributed by atoms with E-state index in [1.807, 2.05) is 11.8 Å². The van der Waals surface area contributed by atoms with Crippen LogP contribution in [0.3, 0.4) is 0 Å². The molecule has 0 aliphatic carbocycles. The van der Waals surface area contributed by atoms with Gasteiger partial charge in [0.1, 0.15) is 0 Å². The molecule has 0 amide bonds. The van der Waals surface area contributed by atoms with Crippen LogP contribution in [0.15, 0.2) is 27.2 Å². The molecule has 0 aliphatic rings. The van der Waals surface area contributed by atoms with Gasteiger partial charge in [-0.15, -0.1) is 0 Å². The first-order chi connectivity index (χ1) is 7.76. The van der Waals surface area contributed by atoms with Gasteiger partial charge >= 0.3 is 115 Å². The van der Waals surface area contributed by atoms with Gasteiger partial charge in [-0.1, -0.05) is 0 Å². The summed E-state index contributed by atoms with van der Waals surface area (Å²) in [6.45, 7) is 4.41. The van der Waals surface area contributed by atoms with Crippen LogP contribution in [0.4, 0.5) is 0 Å². The zero-order chi connectivity index (χ0) is 11.8. The average molecular weight is 348 g/mol. The van der Waals surface area contributed by atoms with Crippen molar-refractivity contribution in [2.75, 3.05) is 6.26 Å². The van der Waals surface area contributed by atoms with E-state index < -0.39 is 0 Å². The van der Waals surface area contributed by atoms with Crippen molar-refractivity contribution < 1.29 is 0 Å². The van der Waals surface area contributed by atoms with Gasteiger partial charge in [0.25, 0.3) is 0 Å². The van der Waals surface area contributed by atoms with Gasteiger partial charge in [0.05, 0.1) is 0 Å². The van der Waals surface area contributed by atoms with Crippen molar-refractivity contribution in [1.29, 1.82) is 0 Å². The molecule has 1 aromatic rings. The predicted molar refractivity (Wildman–Crippen MR) is 78.1 cm³/mol. The molecule has 2 heteroatoms. The summed E-state index contributed by atoms with van der Waals surface area (Å²) in [5.74, 6) is 0. The van der Waals surface area contributed by atoms with E-state index in [2.05, 4.69) is 50.4 Å². The maximum atomic E-state index is 2.38. The van der Waals surface area contributed by atoms with Crippen LogP contribution in [-0.4, -0.2) is 27.2 Å². The molecule has 88 valence electrons. The summed E-state index contributed by atoms with van der Waals surface area (Å²) in [4.78, 5) is 0. The van der Waals surface area contributed by atoms with Crippen LogP contribution in [-0.2, 0) is 0 Å². The van der Waals surface area contributed by atoms with Crippen LogP contribution in [0.2, 0.25) is 4.47 Å². The van der Waals surface area contributed by atoms with E-state index in [1.54, 1.807) is 2.95 Å². The first-order valence-electron chi connectivity index (χ1n) is 5.71. The van der Waals surface area contributed by atoms with Crippen LogP contribution < -0.4 is 0 Å². The quantitative estimate of drug-likeness (QED) is 0.536. The molecular formula is C14H20STe. The molecule has 0 atom stereocenters. The molecule has 0 aromatic heterocycles. The van der Waals surface area contributed by atoms with E-state index in [-0.39, 0.29) is 20.9 Å². The molecule has 0 nitrogen and oxygen atoms in total. The Bertz CT molecular complexity index is 327. The molecule has 0 aliphatic heterocycles. The maximum absolute atomic E-state index is 2.38. The topological polar surface area (TPSA) is 0 Å². The molecule has 0 bridgehead atoms. The van der Waals surface area contributed by atoms with Crippen molar-refractivity contribution in [3.05, 3.63) is 38.3 Å². The second kappa shape index (κ2) is 8.23. The van der Waals surface area contributed by atoms with Crippen molar-refractivity contribution in [3.63, 3.8) is 0 Å².